The largest absolute Gasteiger partial charge is 0.507 e. The Bertz CT molecular complexity index is 1500. The highest BCUT2D eigenvalue weighted by atomic mass is 16.5. The Morgan fingerprint density at radius 3 is 2.71 bits per heavy atom. The van der Waals surface area contributed by atoms with Gasteiger partial charge in [0.05, 0.1) is 23.7 Å². The number of H-pyrrole nitrogens is 1. The number of methoxy groups -OCH3 is 1. The molecule has 0 saturated heterocycles. The number of carbonyl (C=O) groups excluding carboxylic acids is 1. The van der Waals surface area contributed by atoms with Crippen LogP contribution in [0.2, 0.25) is 0 Å². The molecule has 1 amide bonds. The zero-order chi connectivity index (χ0) is 24.2. The minimum Gasteiger partial charge on any atom is -0.507 e. The molecule has 0 atom stereocenters. The fourth-order valence-corrected chi connectivity index (χ4v) is 3.92. The Balaban J connectivity index is 1.39. The van der Waals surface area contributed by atoms with Gasteiger partial charge in [-0.05, 0) is 72.1 Å². The SMILES string of the molecule is COc1ncccc1-c1ccc(O)c(-c2nc3ccc(C(=O)NCCc4ccncc4)cc3[nH]2)c1. The fraction of sp³-hybridized carbons (Fsp3) is 0.111. The summed E-state index contributed by atoms with van der Waals surface area (Å²) in [6.45, 7) is 0.521. The third-order valence-electron chi connectivity index (χ3n) is 5.72. The van der Waals surface area contributed by atoms with Gasteiger partial charge in [0, 0.05) is 36.3 Å². The molecule has 0 saturated carbocycles. The van der Waals surface area contributed by atoms with E-state index in [1.54, 1.807) is 56.0 Å². The zero-order valence-electron chi connectivity index (χ0n) is 19.0. The number of nitrogens with one attached hydrogen (secondary N) is 2. The van der Waals surface area contributed by atoms with Gasteiger partial charge in [0.2, 0.25) is 5.88 Å². The van der Waals surface area contributed by atoms with Gasteiger partial charge in [0.15, 0.2) is 0 Å². The lowest BCUT2D eigenvalue weighted by molar-refractivity contribution is 0.0954. The van der Waals surface area contributed by atoms with Crippen molar-refractivity contribution in [3.63, 3.8) is 0 Å². The molecular formula is C27H23N5O3. The Kier molecular flexibility index (Phi) is 6.09. The van der Waals surface area contributed by atoms with Crippen LogP contribution in [0.1, 0.15) is 15.9 Å². The number of phenols is 1. The molecule has 174 valence electrons. The van der Waals surface area contributed by atoms with Crippen molar-refractivity contribution in [2.24, 2.45) is 0 Å². The van der Waals surface area contributed by atoms with Crippen molar-refractivity contribution < 1.29 is 14.6 Å². The Hall–Kier alpha value is -4.72. The minimum absolute atomic E-state index is 0.0877. The van der Waals surface area contributed by atoms with E-state index < -0.39 is 0 Å². The summed E-state index contributed by atoms with van der Waals surface area (Å²) in [5.41, 5.74) is 5.20. The molecule has 0 aliphatic heterocycles. The van der Waals surface area contributed by atoms with Gasteiger partial charge >= 0.3 is 0 Å². The second-order valence-electron chi connectivity index (χ2n) is 7.97. The quantitative estimate of drug-likeness (QED) is 0.329. The number of hydrogen-bond donors (Lipinski definition) is 3. The second kappa shape index (κ2) is 9.64. The van der Waals surface area contributed by atoms with E-state index >= 15 is 0 Å². The van der Waals surface area contributed by atoms with Crippen LogP contribution in [-0.4, -0.2) is 44.6 Å². The molecule has 0 fully saturated rings. The minimum atomic E-state index is -0.161. The smallest absolute Gasteiger partial charge is 0.251 e. The first-order valence-corrected chi connectivity index (χ1v) is 11.1. The highest BCUT2D eigenvalue weighted by Crippen LogP contribution is 2.35. The predicted molar refractivity (Wildman–Crippen MR) is 133 cm³/mol. The van der Waals surface area contributed by atoms with E-state index in [1.807, 2.05) is 30.3 Å². The summed E-state index contributed by atoms with van der Waals surface area (Å²) in [4.78, 5) is 28.8. The van der Waals surface area contributed by atoms with Crippen molar-refractivity contribution in [3.8, 4) is 34.1 Å². The van der Waals surface area contributed by atoms with Crippen LogP contribution < -0.4 is 10.1 Å². The molecular weight excluding hydrogens is 442 g/mol. The van der Waals surface area contributed by atoms with Crippen molar-refractivity contribution in [2.45, 2.75) is 6.42 Å². The summed E-state index contributed by atoms with van der Waals surface area (Å²) < 4.78 is 5.37. The van der Waals surface area contributed by atoms with Gasteiger partial charge in [-0.1, -0.05) is 6.07 Å². The summed E-state index contributed by atoms with van der Waals surface area (Å²) >= 11 is 0. The number of fused-ring (bicyclic) bond motifs is 1. The molecule has 8 heteroatoms. The van der Waals surface area contributed by atoms with Crippen LogP contribution in [0.15, 0.2) is 79.3 Å². The summed E-state index contributed by atoms with van der Waals surface area (Å²) in [6.07, 6.45) is 5.86. The number of aromatic amines is 1. The number of ether oxygens (including phenoxy) is 1. The number of rotatable bonds is 7. The lowest BCUT2D eigenvalue weighted by atomic mass is 10.0. The molecule has 8 nitrogen and oxygen atoms in total. The Morgan fingerprint density at radius 2 is 1.89 bits per heavy atom. The van der Waals surface area contributed by atoms with Crippen molar-refractivity contribution in [3.05, 3.63) is 90.4 Å². The van der Waals surface area contributed by atoms with Crippen LogP contribution in [0.4, 0.5) is 0 Å². The number of aromatic hydroxyl groups is 1. The number of phenolic OH excluding ortho intramolecular Hbond substituents is 1. The van der Waals surface area contributed by atoms with Gasteiger partial charge in [-0.2, -0.15) is 0 Å². The standard InChI is InChI=1S/C27H23N5O3/c1-35-27-20(3-2-11-30-27)18-5-7-24(33)21(15-18)25-31-22-6-4-19(16-23(22)32-25)26(34)29-14-10-17-8-12-28-13-9-17/h2-9,11-13,15-16,33H,10,14H2,1H3,(H,29,34)(H,31,32). The van der Waals surface area contributed by atoms with Crippen LogP contribution in [0.25, 0.3) is 33.5 Å². The number of carbonyl (C=O) groups is 1. The molecule has 5 rings (SSSR count). The van der Waals surface area contributed by atoms with E-state index in [1.165, 1.54) is 0 Å². The van der Waals surface area contributed by atoms with Crippen molar-refractivity contribution in [1.29, 1.82) is 0 Å². The van der Waals surface area contributed by atoms with Gasteiger partial charge in [-0.25, -0.2) is 9.97 Å². The van der Waals surface area contributed by atoms with Crippen molar-refractivity contribution in [2.75, 3.05) is 13.7 Å². The number of benzene rings is 2. The highest BCUT2D eigenvalue weighted by molar-refractivity contribution is 5.97. The third-order valence-corrected chi connectivity index (χ3v) is 5.72. The molecule has 3 N–H and O–H groups in total. The molecule has 0 radical (unpaired) electrons. The van der Waals surface area contributed by atoms with Crippen LogP contribution in [0, 0.1) is 0 Å². The van der Waals surface area contributed by atoms with Gasteiger partial charge in [-0.3, -0.25) is 9.78 Å². The van der Waals surface area contributed by atoms with Gasteiger partial charge in [0.1, 0.15) is 11.6 Å². The third kappa shape index (κ3) is 4.67. The normalized spacial score (nSPS) is 10.9. The molecule has 0 bridgehead atoms. The van der Waals surface area contributed by atoms with Gasteiger partial charge < -0.3 is 20.1 Å². The molecule has 0 spiro atoms. The molecule has 0 aliphatic carbocycles. The maximum atomic E-state index is 12.7. The first-order valence-electron chi connectivity index (χ1n) is 11.1. The van der Waals surface area contributed by atoms with E-state index in [0.717, 1.165) is 23.1 Å². The monoisotopic (exact) mass is 465 g/mol. The zero-order valence-corrected chi connectivity index (χ0v) is 19.0. The molecule has 35 heavy (non-hydrogen) atoms. The maximum absolute atomic E-state index is 12.7. The summed E-state index contributed by atoms with van der Waals surface area (Å²) in [5, 5.41) is 13.5. The van der Waals surface area contributed by atoms with E-state index in [9.17, 15) is 9.90 Å². The number of aromatic nitrogens is 4. The van der Waals surface area contributed by atoms with Crippen LogP contribution >= 0.6 is 0 Å². The second-order valence-corrected chi connectivity index (χ2v) is 7.97. The topological polar surface area (TPSA) is 113 Å². The lowest BCUT2D eigenvalue weighted by Crippen LogP contribution is -2.25. The molecule has 0 unspecified atom stereocenters. The fourth-order valence-electron chi connectivity index (χ4n) is 3.92. The highest BCUT2D eigenvalue weighted by Gasteiger charge is 2.15. The molecule has 5 aromatic rings. The lowest BCUT2D eigenvalue weighted by Gasteiger charge is -2.09. The number of pyridine rings is 2. The first-order chi connectivity index (χ1) is 17.1. The van der Waals surface area contributed by atoms with Crippen molar-refractivity contribution >= 4 is 16.9 Å². The summed E-state index contributed by atoms with van der Waals surface area (Å²) in [5.74, 6) is 0.918. The van der Waals surface area contributed by atoms with Gasteiger partial charge in [0.25, 0.3) is 5.91 Å². The van der Waals surface area contributed by atoms with Crippen LogP contribution in [0.3, 0.4) is 0 Å². The average Bonchev–Trinajstić information content (AvgIpc) is 3.33. The van der Waals surface area contributed by atoms with Crippen LogP contribution in [-0.2, 0) is 6.42 Å². The van der Waals surface area contributed by atoms with E-state index in [2.05, 4.69) is 25.3 Å². The average molecular weight is 466 g/mol. The number of imidazole rings is 1. The number of amides is 1. The van der Waals surface area contributed by atoms with E-state index in [0.29, 0.717) is 40.4 Å². The summed E-state index contributed by atoms with van der Waals surface area (Å²) in [7, 11) is 1.57. The molecule has 2 aromatic carbocycles. The van der Waals surface area contributed by atoms with Crippen LogP contribution in [0.5, 0.6) is 11.6 Å². The van der Waals surface area contributed by atoms with E-state index in [4.69, 9.17) is 4.74 Å². The number of hydrogen-bond acceptors (Lipinski definition) is 6. The molecule has 3 aromatic heterocycles. The Morgan fingerprint density at radius 1 is 1.03 bits per heavy atom. The van der Waals surface area contributed by atoms with Crippen molar-refractivity contribution in [1.82, 2.24) is 25.3 Å². The number of nitrogens with zero attached hydrogens (tertiary/aromatic N) is 3. The van der Waals surface area contributed by atoms with E-state index in [-0.39, 0.29) is 11.7 Å². The summed E-state index contributed by atoms with van der Waals surface area (Å²) in [6, 6.07) is 18.1. The maximum Gasteiger partial charge on any atom is 0.251 e. The van der Waals surface area contributed by atoms with Gasteiger partial charge in [-0.15, -0.1) is 0 Å². The molecule has 0 aliphatic rings. The predicted octanol–water partition coefficient (Wildman–Crippen LogP) is 4.37. The molecule has 3 heterocycles. The Labute approximate surface area is 201 Å². The first kappa shape index (κ1) is 22.1.